The Bertz CT molecular complexity index is 1030. The summed E-state index contributed by atoms with van der Waals surface area (Å²) in [6.07, 6.45) is 10.2. The smallest absolute Gasteiger partial charge is 0.217 e. The molecule has 0 rings (SSSR count). The van der Waals surface area contributed by atoms with E-state index in [1.807, 2.05) is 0 Å². The zero-order valence-electron chi connectivity index (χ0n) is 39.0. The SMILES string of the molecule is CCCCCCCCCC(C)(O[Si](C)(C)C)C(CCC(O[Si](C)(C)C)C(O[Si](C)(C)C)C(O[Si](C)(C)C)C(CO[Si](C)(C)C)NC(C)=O)O[Si](C)(C)C. The van der Waals surface area contributed by atoms with Crippen LogP contribution in [0.2, 0.25) is 118 Å². The summed E-state index contributed by atoms with van der Waals surface area (Å²) >= 11 is 0. The molecule has 14 heteroatoms. The minimum absolute atomic E-state index is 0.0843. The summed E-state index contributed by atoms with van der Waals surface area (Å²) in [5, 5.41) is 3.26. The standard InChI is InChI=1S/C39H91NO7Si6/c1-22-23-24-25-26-27-28-31-39(3,47-53(19,20)21)36(44-50(10,11)12)30-29-35(43-49(7,8)9)38(46-52(16,17)18)37(45-51(13,14)15)34(40-33(2)41)32-42-48(4,5)6/h34-38H,22-32H2,1-21H3,(H,40,41). The number of carbonyl (C=O) groups is 1. The third-order valence-electron chi connectivity index (χ3n) is 8.36. The van der Waals surface area contributed by atoms with Gasteiger partial charge in [-0.25, -0.2) is 0 Å². The lowest BCUT2D eigenvalue weighted by Crippen LogP contribution is -2.61. The molecule has 0 aromatic rings. The maximum Gasteiger partial charge on any atom is 0.217 e. The largest absolute Gasteiger partial charge is 0.415 e. The van der Waals surface area contributed by atoms with Crippen LogP contribution in [0.25, 0.3) is 0 Å². The molecule has 1 N–H and O–H groups in total. The van der Waals surface area contributed by atoms with Crippen LogP contribution in [-0.2, 0) is 31.4 Å². The fourth-order valence-corrected chi connectivity index (χ4v) is 13.7. The van der Waals surface area contributed by atoms with Gasteiger partial charge in [0.1, 0.15) is 0 Å². The van der Waals surface area contributed by atoms with Crippen LogP contribution < -0.4 is 5.32 Å². The van der Waals surface area contributed by atoms with Crippen LogP contribution >= 0.6 is 0 Å². The van der Waals surface area contributed by atoms with E-state index in [0.717, 1.165) is 25.7 Å². The van der Waals surface area contributed by atoms with E-state index in [-0.39, 0.29) is 24.2 Å². The Labute approximate surface area is 336 Å². The van der Waals surface area contributed by atoms with Gasteiger partial charge in [-0.15, -0.1) is 0 Å². The second-order valence-corrected chi connectivity index (χ2v) is 48.4. The Morgan fingerprint density at radius 3 is 1.43 bits per heavy atom. The second-order valence-electron chi connectivity index (χ2n) is 21.6. The predicted molar refractivity (Wildman–Crippen MR) is 244 cm³/mol. The van der Waals surface area contributed by atoms with Crippen LogP contribution in [0.15, 0.2) is 0 Å². The Kier molecular flexibility index (Phi) is 22.8. The molecular formula is C39H91NO7Si6. The molecule has 6 unspecified atom stereocenters. The van der Waals surface area contributed by atoms with E-state index in [9.17, 15) is 4.79 Å². The lowest BCUT2D eigenvalue weighted by atomic mass is 9.87. The summed E-state index contributed by atoms with van der Waals surface area (Å²) in [7, 11) is -12.2. The quantitative estimate of drug-likeness (QED) is 0.0592. The molecule has 0 bridgehead atoms. The summed E-state index contributed by atoms with van der Waals surface area (Å²) in [5.74, 6) is -0.0963. The molecule has 53 heavy (non-hydrogen) atoms. The van der Waals surface area contributed by atoms with E-state index in [1.54, 1.807) is 6.92 Å². The molecule has 8 nitrogen and oxygen atoms in total. The number of nitrogens with one attached hydrogen (secondary N) is 1. The number of unbranched alkanes of at least 4 members (excludes halogenated alkanes) is 6. The van der Waals surface area contributed by atoms with Crippen LogP contribution in [0.1, 0.15) is 85.0 Å². The third kappa shape index (κ3) is 27.7. The molecule has 318 valence electrons. The number of rotatable bonds is 29. The Morgan fingerprint density at radius 2 is 1.02 bits per heavy atom. The summed E-state index contributed by atoms with van der Waals surface area (Å²) in [6.45, 7) is 47.0. The minimum atomic E-state index is -2.16. The molecule has 1 amide bonds. The molecule has 0 aliphatic carbocycles. The molecule has 0 radical (unpaired) electrons. The van der Waals surface area contributed by atoms with Gasteiger partial charge in [0.05, 0.1) is 42.7 Å². The Hall–Kier alpha value is 0.531. The van der Waals surface area contributed by atoms with Crippen LogP contribution in [0.3, 0.4) is 0 Å². The maximum atomic E-state index is 12.8. The molecule has 0 heterocycles. The van der Waals surface area contributed by atoms with Gasteiger partial charge in [0.25, 0.3) is 0 Å². The van der Waals surface area contributed by atoms with Crippen LogP contribution in [0.4, 0.5) is 0 Å². The second kappa shape index (κ2) is 22.6. The molecular weight excluding hydrogens is 763 g/mol. The molecule has 0 spiro atoms. The zero-order valence-corrected chi connectivity index (χ0v) is 45.0. The number of carbonyl (C=O) groups excluding carboxylic acids is 1. The van der Waals surface area contributed by atoms with Gasteiger partial charge in [0, 0.05) is 6.92 Å². The maximum absolute atomic E-state index is 12.8. The van der Waals surface area contributed by atoms with Crippen LogP contribution in [-0.4, -0.2) is 98.5 Å². The van der Waals surface area contributed by atoms with E-state index < -0.39 is 67.7 Å². The van der Waals surface area contributed by atoms with Crippen molar-refractivity contribution in [3.05, 3.63) is 0 Å². The van der Waals surface area contributed by atoms with Gasteiger partial charge in [-0.1, -0.05) is 51.9 Å². The van der Waals surface area contributed by atoms with Crippen molar-refractivity contribution in [1.29, 1.82) is 0 Å². The molecule has 0 saturated heterocycles. The Balaban J connectivity index is 7.23. The first-order valence-corrected chi connectivity index (χ1v) is 41.4. The van der Waals surface area contributed by atoms with Gasteiger partial charge in [-0.2, -0.15) is 0 Å². The van der Waals surface area contributed by atoms with Gasteiger partial charge < -0.3 is 31.9 Å². The van der Waals surface area contributed by atoms with E-state index in [0.29, 0.717) is 6.61 Å². The van der Waals surface area contributed by atoms with Crippen molar-refractivity contribution in [1.82, 2.24) is 5.32 Å². The first-order chi connectivity index (χ1) is 23.7. The van der Waals surface area contributed by atoms with Gasteiger partial charge in [0.2, 0.25) is 5.91 Å². The van der Waals surface area contributed by atoms with Gasteiger partial charge in [0.15, 0.2) is 49.9 Å². The van der Waals surface area contributed by atoms with Crippen molar-refractivity contribution >= 4 is 55.8 Å². The Morgan fingerprint density at radius 1 is 0.566 bits per heavy atom. The van der Waals surface area contributed by atoms with E-state index in [4.69, 9.17) is 26.6 Å². The number of amides is 1. The van der Waals surface area contributed by atoms with Gasteiger partial charge in [-0.05, 0) is 144 Å². The average Bonchev–Trinajstić information content (AvgIpc) is 2.90. The monoisotopic (exact) mass is 854 g/mol. The van der Waals surface area contributed by atoms with Crippen molar-refractivity contribution < 1.29 is 31.4 Å². The highest BCUT2D eigenvalue weighted by molar-refractivity contribution is 6.71. The minimum Gasteiger partial charge on any atom is -0.415 e. The fraction of sp³-hybridized carbons (Fsp3) is 0.974. The number of hydrogen-bond donors (Lipinski definition) is 1. The fourth-order valence-electron chi connectivity index (χ4n) is 6.75. The lowest BCUT2D eigenvalue weighted by Gasteiger charge is -2.47. The topological polar surface area (TPSA) is 84.5 Å². The molecule has 0 aromatic carbocycles. The molecule has 0 aliphatic rings. The summed E-state index contributed by atoms with van der Waals surface area (Å²) in [5.41, 5.74) is -0.412. The van der Waals surface area contributed by atoms with Crippen molar-refractivity contribution in [3.63, 3.8) is 0 Å². The summed E-state index contributed by atoms with van der Waals surface area (Å²) in [4.78, 5) is 12.8. The first kappa shape index (κ1) is 53.5. The highest BCUT2D eigenvalue weighted by atomic mass is 28.4. The zero-order chi connectivity index (χ0) is 41.7. The summed E-state index contributed by atoms with van der Waals surface area (Å²) in [6, 6.07) is -0.383. The third-order valence-corrected chi connectivity index (χ3v) is 14.4. The van der Waals surface area contributed by atoms with Crippen LogP contribution in [0.5, 0.6) is 0 Å². The molecule has 6 atom stereocenters. The van der Waals surface area contributed by atoms with Crippen molar-refractivity contribution in [2.45, 2.75) is 239 Å². The van der Waals surface area contributed by atoms with E-state index in [1.165, 1.54) is 38.5 Å². The van der Waals surface area contributed by atoms with Crippen molar-refractivity contribution in [3.8, 4) is 0 Å². The highest BCUT2D eigenvalue weighted by Crippen LogP contribution is 2.36. The molecule has 0 aromatic heterocycles. The van der Waals surface area contributed by atoms with E-state index in [2.05, 4.69) is 137 Å². The summed E-state index contributed by atoms with van der Waals surface area (Å²) < 4.78 is 42.6. The van der Waals surface area contributed by atoms with Gasteiger partial charge in [-0.3, -0.25) is 4.79 Å². The predicted octanol–water partition coefficient (Wildman–Crippen LogP) is 11.8. The lowest BCUT2D eigenvalue weighted by molar-refractivity contribution is -0.122. The highest BCUT2D eigenvalue weighted by Gasteiger charge is 2.46. The molecule has 0 aliphatic heterocycles. The normalized spacial score (nSPS) is 17.9. The molecule has 0 fully saturated rings. The van der Waals surface area contributed by atoms with Crippen molar-refractivity contribution in [2.24, 2.45) is 0 Å². The molecule has 0 saturated carbocycles. The first-order valence-electron chi connectivity index (χ1n) is 21.0. The van der Waals surface area contributed by atoms with Crippen LogP contribution in [0, 0.1) is 0 Å². The van der Waals surface area contributed by atoms with Gasteiger partial charge >= 0.3 is 0 Å². The number of hydrogen-bond acceptors (Lipinski definition) is 7. The average molecular weight is 855 g/mol. The van der Waals surface area contributed by atoms with E-state index >= 15 is 0 Å². The van der Waals surface area contributed by atoms with Crippen molar-refractivity contribution in [2.75, 3.05) is 6.61 Å².